The molecule has 254 valence electrons. The fraction of sp³-hybridized carbons (Fsp3) is 0. The smallest absolute Gasteiger partial charge is 0.137 e. The molecular formula is C49H30N2OS2. The lowest BCUT2D eigenvalue weighted by Gasteiger charge is -2.27. The molecule has 0 spiro atoms. The van der Waals surface area contributed by atoms with Gasteiger partial charge in [-0.15, -0.1) is 22.7 Å². The van der Waals surface area contributed by atoms with Crippen LogP contribution < -0.4 is 4.90 Å². The summed E-state index contributed by atoms with van der Waals surface area (Å²) < 4.78 is 10.2. The number of aromatic nitrogens is 1. The van der Waals surface area contributed by atoms with Crippen molar-refractivity contribution in [1.82, 2.24) is 4.98 Å². The van der Waals surface area contributed by atoms with Gasteiger partial charge in [-0.25, -0.2) is 4.98 Å². The third-order valence-corrected chi connectivity index (χ3v) is 12.6. The molecule has 0 atom stereocenters. The Morgan fingerprint density at radius 3 is 1.81 bits per heavy atom. The summed E-state index contributed by atoms with van der Waals surface area (Å²) in [5.41, 5.74) is 11.9. The zero-order valence-electron chi connectivity index (χ0n) is 28.9. The van der Waals surface area contributed by atoms with Gasteiger partial charge in [0.05, 0.1) is 15.9 Å². The van der Waals surface area contributed by atoms with Crippen molar-refractivity contribution in [3.63, 3.8) is 0 Å². The van der Waals surface area contributed by atoms with Gasteiger partial charge in [0.15, 0.2) is 0 Å². The summed E-state index contributed by atoms with van der Waals surface area (Å²) in [5, 5.41) is 5.82. The Labute approximate surface area is 319 Å². The van der Waals surface area contributed by atoms with Crippen LogP contribution in [0.4, 0.5) is 17.1 Å². The predicted molar refractivity (Wildman–Crippen MR) is 231 cm³/mol. The first-order valence-electron chi connectivity index (χ1n) is 18.0. The molecule has 0 saturated heterocycles. The van der Waals surface area contributed by atoms with Crippen molar-refractivity contribution in [1.29, 1.82) is 0 Å². The highest BCUT2D eigenvalue weighted by Crippen LogP contribution is 2.46. The maximum Gasteiger partial charge on any atom is 0.137 e. The maximum absolute atomic E-state index is 6.50. The Balaban J connectivity index is 1.00. The fourth-order valence-corrected chi connectivity index (χ4v) is 9.98. The second kappa shape index (κ2) is 12.6. The molecular weight excluding hydrogens is 697 g/mol. The van der Waals surface area contributed by atoms with Crippen LogP contribution in [-0.4, -0.2) is 4.98 Å². The second-order valence-electron chi connectivity index (χ2n) is 13.5. The number of furan rings is 1. The number of hydrogen-bond acceptors (Lipinski definition) is 5. The average molecular weight is 727 g/mol. The van der Waals surface area contributed by atoms with Crippen molar-refractivity contribution in [3.05, 3.63) is 182 Å². The molecule has 0 aliphatic carbocycles. The molecule has 0 aliphatic heterocycles. The van der Waals surface area contributed by atoms with Gasteiger partial charge in [0.25, 0.3) is 0 Å². The number of hydrogen-bond donors (Lipinski definition) is 0. The molecule has 11 aromatic rings. The number of benzene rings is 8. The monoisotopic (exact) mass is 726 g/mol. The third kappa shape index (κ3) is 5.12. The van der Waals surface area contributed by atoms with Crippen LogP contribution in [0.2, 0.25) is 0 Å². The van der Waals surface area contributed by atoms with Crippen LogP contribution >= 0.6 is 22.7 Å². The summed E-state index contributed by atoms with van der Waals surface area (Å²) >= 11 is 3.57. The van der Waals surface area contributed by atoms with E-state index in [2.05, 4.69) is 181 Å². The first kappa shape index (κ1) is 31.0. The molecule has 3 heterocycles. The minimum atomic E-state index is 0.880. The Bertz CT molecular complexity index is 3140. The van der Waals surface area contributed by atoms with Gasteiger partial charge in [0.2, 0.25) is 0 Å². The van der Waals surface area contributed by atoms with E-state index in [1.54, 1.807) is 11.3 Å². The summed E-state index contributed by atoms with van der Waals surface area (Å²) in [5.74, 6) is 0. The Morgan fingerprint density at radius 2 is 1.06 bits per heavy atom. The summed E-state index contributed by atoms with van der Waals surface area (Å²) in [7, 11) is 0. The van der Waals surface area contributed by atoms with Crippen molar-refractivity contribution in [2.24, 2.45) is 0 Å². The SMILES string of the molecule is c1ccc(-c2ccc(N(c3ccc(-c4ccc5c(c4)oc4ccc6nc(-c7ccccc7)sc6c45)cc3)c3cccc4sc5ccccc5c34)cc2)cc1. The van der Waals surface area contributed by atoms with Gasteiger partial charge in [0, 0.05) is 47.9 Å². The lowest BCUT2D eigenvalue weighted by molar-refractivity contribution is 0.669. The molecule has 3 nitrogen and oxygen atoms in total. The number of fused-ring (bicyclic) bond motifs is 8. The minimum Gasteiger partial charge on any atom is -0.456 e. The van der Waals surface area contributed by atoms with Gasteiger partial charge in [-0.3, -0.25) is 0 Å². The van der Waals surface area contributed by atoms with Crippen LogP contribution in [0.3, 0.4) is 0 Å². The number of rotatable bonds is 6. The van der Waals surface area contributed by atoms with E-state index in [0.29, 0.717) is 0 Å². The first-order valence-corrected chi connectivity index (χ1v) is 19.7. The normalized spacial score (nSPS) is 11.7. The van der Waals surface area contributed by atoms with Gasteiger partial charge in [-0.05, 0) is 89.0 Å². The van der Waals surface area contributed by atoms with Crippen LogP contribution in [0.25, 0.3) is 85.2 Å². The van der Waals surface area contributed by atoms with Crippen LogP contribution in [0.5, 0.6) is 0 Å². The van der Waals surface area contributed by atoms with Crippen molar-refractivity contribution in [2.45, 2.75) is 0 Å². The van der Waals surface area contributed by atoms with E-state index in [1.807, 2.05) is 17.4 Å². The zero-order valence-corrected chi connectivity index (χ0v) is 30.6. The quantitative estimate of drug-likeness (QED) is 0.171. The zero-order chi connectivity index (χ0) is 35.6. The Morgan fingerprint density at radius 1 is 0.426 bits per heavy atom. The van der Waals surface area contributed by atoms with E-state index in [0.717, 1.165) is 65.2 Å². The van der Waals surface area contributed by atoms with Crippen LogP contribution in [0.1, 0.15) is 0 Å². The minimum absolute atomic E-state index is 0.880. The van der Waals surface area contributed by atoms with Gasteiger partial charge < -0.3 is 9.32 Å². The predicted octanol–water partition coefficient (Wildman–Crippen LogP) is 15.0. The highest BCUT2D eigenvalue weighted by molar-refractivity contribution is 7.26. The van der Waals surface area contributed by atoms with E-state index < -0.39 is 0 Å². The molecule has 54 heavy (non-hydrogen) atoms. The Hall–Kier alpha value is -6.53. The number of thiazole rings is 1. The lowest BCUT2D eigenvalue weighted by Crippen LogP contribution is -2.10. The van der Waals surface area contributed by atoms with Crippen molar-refractivity contribution >= 4 is 92.1 Å². The highest BCUT2D eigenvalue weighted by atomic mass is 32.1. The van der Waals surface area contributed by atoms with Crippen molar-refractivity contribution in [3.8, 4) is 32.8 Å². The maximum atomic E-state index is 6.50. The van der Waals surface area contributed by atoms with Gasteiger partial charge in [-0.1, -0.05) is 115 Å². The Kier molecular flexibility index (Phi) is 7.22. The highest BCUT2D eigenvalue weighted by Gasteiger charge is 2.20. The molecule has 0 fully saturated rings. The molecule has 0 aliphatic rings. The van der Waals surface area contributed by atoms with Gasteiger partial charge in [0.1, 0.15) is 16.2 Å². The van der Waals surface area contributed by atoms with Crippen LogP contribution in [0.15, 0.2) is 186 Å². The molecule has 8 aromatic carbocycles. The largest absolute Gasteiger partial charge is 0.456 e. The first-order chi connectivity index (χ1) is 26.7. The molecule has 0 radical (unpaired) electrons. The molecule has 0 unspecified atom stereocenters. The number of thiophene rings is 1. The molecule has 0 N–H and O–H groups in total. The molecule has 3 aromatic heterocycles. The van der Waals surface area contributed by atoms with E-state index >= 15 is 0 Å². The van der Waals surface area contributed by atoms with E-state index in [-0.39, 0.29) is 0 Å². The summed E-state index contributed by atoms with van der Waals surface area (Å²) in [6, 6.07) is 64.9. The summed E-state index contributed by atoms with van der Waals surface area (Å²) in [4.78, 5) is 7.37. The topological polar surface area (TPSA) is 29.3 Å². The van der Waals surface area contributed by atoms with E-state index in [1.165, 1.54) is 37.0 Å². The van der Waals surface area contributed by atoms with Crippen molar-refractivity contribution < 1.29 is 4.42 Å². The van der Waals surface area contributed by atoms with E-state index in [9.17, 15) is 0 Å². The lowest BCUT2D eigenvalue weighted by atomic mass is 10.0. The van der Waals surface area contributed by atoms with Crippen molar-refractivity contribution in [2.75, 3.05) is 4.90 Å². The molecule has 0 amide bonds. The number of anilines is 3. The molecule has 11 rings (SSSR count). The molecule has 0 bridgehead atoms. The standard InChI is InChI=1S/C49H30N2OS2/c1-3-10-31(11-4-1)32-18-23-36(24-19-32)51(41-15-9-17-45-46(41)39-14-7-8-16-44(39)53-45)37-25-20-33(21-26-37)35-22-27-38-43(30-35)52-42-29-28-40-48(47(38)42)54-49(50-40)34-12-5-2-6-13-34/h1-30H. The van der Waals surface area contributed by atoms with Crippen LogP contribution in [-0.2, 0) is 0 Å². The van der Waals surface area contributed by atoms with Gasteiger partial charge in [-0.2, -0.15) is 0 Å². The fourth-order valence-electron chi connectivity index (χ4n) is 7.74. The molecule has 0 saturated carbocycles. The van der Waals surface area contributed by atoms with E-state index in [4.69, 9.17) is 9.40 Å². The van der Waals surface area contributed by atoms with Gasteiger partial charge >= 0.3 is 0 Å². The summed E-state index contributed by atoms with van der Waals surface area (Å²) in [6.45, 7) is 0. The van der Waals surface area contributed by atoms with Crippen LogP contribution in [0, 0.1) is 0 Å². The molecule has 5 heteroatoms. The summed E-state index contributed by atoms with van der Waals surface area (Å²) in [6.07, 6.45) is 0. The third-order valence-electron chi connectivity index (χ3n) is 10.3. The second-order valence-corrected chi connectivity index (χ2v) is 15.6. The number of nitrogens with zero attached hydrogens (tertiary/aromatic N) is 2. The average Bonchev–Trinajstić information content (AvgIpc) is 3.95.